The Bertz CT molecular complexity index is 446. The smallest absolute Gasteiger partial charge is 0.175 e. The number of amidine groups is 1. The van der Waals surface area contributed by atoms with E-state index >= 15 is 0 Å². The third-order valence-electron chi connectivity index (χ3n) is 1.82. The van der Waals surface area contributed by atoms with Crippen LogP contribution in [0.3, 0.4) is 0 Å². The van der Waals surface area contributed by atoms with E-state index in [1.54, 1.807) is 19.2 Å². The van der Waals surface area contributed by atoms with Gasteiger partial charge in [0.2, 0.25) is 0 Å². The Labute approximate surface area is 83.4 Å². The molecule has 76 valence electrons. The number of nitrogens with two attached hydrogens (primary N) is 1. The maximum absolute atomic E-state index is 11.1. The van der Waals surface area contributed by atoms with Crippen molar-refractivity contribution in [3.8, 4) is 0 Å². The predicted octanol–water partition coefficient (Wildman–Crippen LogP) is 0.425. The minimum Gasteiger partial charge on any atom is -0.384 e. The topological polar surface area (TPSA) is 72.5 Å². The quantitative estimate of drug-likeness (QED) is 0.570. The molecule has 0 saturated heterocycles. The van der Waals surface area contributed by atoms with Crippen molar-refractivity contribution in [3.05, 3.63) is 29.8 Å². The largest absolute Gasteiger partial charge is 0.384 e. The van der Waals surface area contributed by atoms with E-state index in [4.69, 9.17) is 5.73 Å². The van der Waals surface area contributed by atoms with Crippen molar-refractivity contribution in [2.45, 2.75) is 4.90 Å². The van der Waals surface area contributed by atoms with Gasteiger partial charge < -0.3 is 5.73 Å². The van der Waals surface area contributed by atoms with Crippen LogP contribution in [-0.2, 0) is 9.84 Å². The van der Waals surface area contributed by atoms with Crippen LogP contribution in [0.2, 0.25) is 0 Å². The Balaban J connectivity index is 3.14. The van der Waals surface area contributed by atoms with Crippen LogP contribution in [0.4, 0.5) is 0 Å². The molecule has 0 saturated carbocycles. The van der Waals surface area contributed by atoms with E-state index in [0.29, 0.717) is 5.84 Å². The van der Waals surface area contributed by atoms with Crippen LogP contribution >= 0.6 is 0 Å². The number of benzene rings is 1. The molecule has 1 rings (SSSR count). The highest BCUT2D eigenvalue weighted by atomic mass is 32.2. The monoisotopic (exact) mass is 212 g/mol. The fourth-order valence-corrected chi connectivity index (χ4v) is 1.63. The Morgan fingerprint density at radius 1 is 1.29 bits per heavy atom. The van der Waals surface area contributed by atoms with Crippen LogP contribution < -0.4 is 5.73 Å². The van der Waals surface area contributed by atoms with Crippen LogP contribution in [-0.4, -0.2) is 27.6 Å². The molecule has 0 spiro atoms. The Morgan fingerprint density at radius 3 is 2.14 bits per heavy atom. The molecule has 0 aliphatic carbocycles. The van der Waals surface area contributed by atoms with E-state index in [1.807, 2.05) is 0 Å². The maximum atomic E-state index is 11.1. The number of nitrogens with zero attached hydrogens (tertiary/aromatic N) is 1. The molecular formula is C9H12N2O2S. The first-order chi connectivity index (χ1) is 6.45. The molecular weight excluding hydrogens is 200 g/mol. The highest BCUT2D eigenvalue weighted by Gasteiger charge is 2.06. The van der Waals surface area contributed by atoms with Gasteiger partial charge in [0.15, 0.2) is 9.84 Å². The molecule has 0 aliphatic rings. The van der Waals surface area contributed by atoms with Crippen LogP contribution in [0.15, 0.2) is 34.2 Å². The predicted molar refractivity (Wildman–Crippen MR) is 56.2 cm³/mol. The summed E-state index contributed by atoms with van der Waals surface area (Å²) in [6.45, 7) is 0. The summed E-state index contributed by atoms with van der Waals surface area (Å²) in [6.07, 6.45) is 1.17. The number of aliphatic imine (C=N–C) groups is 1. The highest BCUT2D eigenvalue weighted by Crippen LogP contribution is 2.09. The summed E-state index contributed by atoms with van der Waals surface area (Å²) < 4.78 is 22.2. The zero-order valence-electron chi connectivity index (χ0n) is 8.06. The molecule has 0 aliphatic heterocycles. The molecule has 14 heavy (non-hydrogen) atoms. The van der Waals surface area contributed by atoms with Gasteiger partial charge in [-0.05, 0) is 12.1 Å². The summed E-state index contributed by atoms with van der Waals surface area (Å²) >= 11 is 0. The lowest BCUT2D eigenvalue weighted by Crippen LogP contribution is -2.12. The Morgan fingerprint density at radius 2 is 1.79 bits per heavy atom. The summed E-state index contributed by atoms with van der Waals surface area (Å²) in [5.41, 5.74) is 6.28. The van der Waals surface area contributed by atoms with Gasteiger partial charge in [0.25, 0.3) is 0 Å². The average Bonchev–Trinajstić information content (AvgIpc) is 2.15. The molecule has 0 aromatic heterocycles. The lowest BCUT2D eigenvalue weighted by Gasteiger charge is -2.01. The normalized spacial score (nSPS) is 12.9. The molecule has 0 heterocycles. The van der Waals surface area contributed by atoms with Crippen molar-refractivity contribution in [1.82, 2.24) is 0 Å². The van der Waals surface area contributed by atoms with Crippen molar-refractivity contribution in [1.29, 1.82) is 0 Å². The zero-order chi connectivity index (χ0) is 10.8. The summed E-state index contributed by atoms with van der Waals surface area (Å²) in [7, 11) is -1.55. The molecule has 2 N–H and O–H groups in total. The van der Waals surface area contributed by atoms with Gasteiger partial charge >= 0.3 is 0 Å². The zero-order valence-corrected chi connectivity index (χ0v) is 8.88. The number of hydrogen-bond acceptors (Lipinski definition) is 3. The van der Waals surface area contributed by atoms with Crippen molar-refractivity contribution in [2.24, 2.45) is 10.7 Å². The molecule has 0 fully saturated rings. The van der Waals surface area contributed by atoms with Crippen LogP contribution in [0.1, 0.15) is 5.56 Å². The standard InChI is InChI=1S/C9H12N2O2S/c1-11-9(10)7-3-5-8(6-4-7)14(2,12)13/h3-6H,1-2H3,(H2,10,11). The van der Waals surface area contributed by atoms with E-state index in [9.17, 15) is 8.42 Å². The van der Waals surface area contributed by atoms with Crippen molar-refractivity contribution < 1.29 is 8.42 Å². The molecule has 0 amide bonds. The maximum Gasteiger partial charge on any atom is 0.175 e. The second kappa shape index (κ2) is 3.79. The molecule has 4 nitrogen and oxygen atoms in total. The van der Waals surface area contributed by atoms with Gasteiger partial charge in [-0.3, -0.25) is 4.99 Å². The van der Waals surface area contributed by atoms with Gasteiger partial charge in [0.05, 0.1) is 4.90 Å². The van der Waals surface area contributed by atoms with Gasteiger partial charge in [0.1, 0.15) is 5.84 Å². The number of sulfone groups is 1. The third kappa shape index (κ3) is 2.32. The Kier molecular flexibility index (Phi) is 2.90. The third-order valence-corrected chi connectivity index (χ3v) is 2.95. The number of rotatable bonds is 2. The van der Waals surface area contributed by atoms with Gasteiger partial charge in [0, 0.05) is 18.9 Å². The minimum atomic E-state index is -3.13. The first-order valence-electron chi connectivity index (χ1n) is 3.98. The summed E-state index contributed by atoms with van der Waals surface area (Å²) in [5, 5.41) is 0. The summed E-state index contributed by atoms with van der Waals surface area (Å²) in [6, 6.07) is 6.31. The molecule has 0 unspecified atom stereocenters. The first kappa shape index (κ1) is 10.7. The van der Waals surface area contributed by atoms with Crippen molar-refractivity contribution in [2.75, 3.05) is 13.3 Å². The van der Waals surface area contributed by atoms with E-state index in [-0.39, 0.29) is 4.90 Å². The molecule has 1 aromatic carbocycles. The van der Waals surface area contributed by atoms with Crippen LogP contribution in [0.5, 0.6) is 0 Å². The molecule has 0 atom stereocenters. The minimum absolute atomic E-state index is 0.283. The van der Waals surface area contributed by atoms with Gasteiger partial charge in [-0.1, -0.05) is 12.1 Å². The fraction of sp³-hybridized carbons (Fsp3) is 0.222. The van der Waals surface area contributed by atoms with Crippen LogP contribution in [0.25, 0.3) is 0 Å². The summed E-state index contributed by atoms with van der Waals surface area (Å²) in [5.74, 6) is 0.394. The van der Waals surface area contributed by atoms with Crippen molar-refractivity contribution >= 4 is 15.7 Å². The van der Waals surface area contributed by atoms with Gasteiger partial charge in [-0.15, -0.1) is 0 Å². The second-order valence-electron chi connectivity index (χ2n) is 2.91. The average molecular weight is 212 g/mol. The lowest BCUT2D eigenvalue weighted by molar-refractivity contribution is 0.602. The summed E-state index contributed by atoms with van der Waals surface area (Å²) in [4.78, 5) is 4.08. The van der Waals surface area contributed by atoms with E-state index in [1.165, 1.54) is 18.4 Å². The van der Waals surface area contributed by atoms with Gasteiger partial charge in [-0.2, -0.15) is 0 Å². The lowest BCUT2D eigenvalue weighted by atomic mass is 10.2. The Hall–Kier alpha value is -1.36. The fourth-order valence-electron chi connectivity index (χ4n) is 1.00. The van der Waals surface area contributed by atoms with E-state index in [2.05, 4.69) is 4.99 Å². The first-order valence-corrected chi connectivity index (χ1v) is 5.87. The van der Waals surface area contributed by atoms with E-state index in [0.717, 1.165) is 5.56 Å². The highest BCUT2D eigenvalue weighted by molar-refractivity contribution is 7.90. The SMILES string of the molecule is CN=C(N)c1ccc(S(C)(=O)=O)cc1. The molecule has 0 bridgehead atoms. The van der Waals surface area contributed by atoms with Crippen LogP contribution in [0, 0.1) is 0 Å². The second-order valence-corrected chi connectivity index (χ2v) is 4.92. The molecule has 0 radical (unpaired) electrons. The van der Waals surface area contributed by atoms with E-state index < -0.39 is 9.84 Å². The van der Waals surface area contributed by atoms with Crippen molar-refractivity contribution in [3.63, 3.8) is 0 Å². The molecule has 5 heteroatoms. The molecule has 1 aromatic rings. The number of hydrogen-bond donors (Lipinski definition) is 1. The van der Waals surface area contributed by atoms with Gasteiger partial charge in [-0.25, -0.2) is 8.42 Å².